The maximum absolute atomic E-state index is 11.9. The van der Waals surface area contributed by atoms with Crippen molar-refractivity contribution in [3.63, 3.8) is 0 Å². The fourth-order valence-corrected chi connectivity index (χ4v) is 4.56. The highest BCUT2D eigenvalue weighted by Gasteiger charge is 2.30. The average molecular weight is 415 g/mol. The molecule has 5 heteroatoms. The Labute approximate surface area is 177 Å². The first-order chi connectivity index (χ1) is 14.2. The van der Waals surface area contributed by atoms with E-state index in [9.17, 15) is 4.79 Å². The van der Waals surface area contributed by atoms with Crippen LogP contribution in [0.1, 0.15) is 56.3 Å². The van der Waals surface area contributed by atoms with Gasteiger partial charge in [-0.3, -0.25) is 4.79 Å². The second kappa shape index (κ2) is 9.08. The van der Waals surface area contributed by atoms with Gasteiger partial charge in [0.15, 0.2) is 0 Å². The Balaban J connectivity index is 1.39. The number of esters is 1. The van der Waals surface area contributed by atoms with Gasteiger partial charge in [0, 0.05) is 5.56 Å². The van der Waals surface area contributed by atoms with Gasteiger partial charge in [-0.15, -0.1) is 0 Å². The first kappa shape index (κ1) is 20.1. The van der Waals surface area contributed by atoms with Gasteiger partial charge in [-0.25, -0.2) is 0 Å². The van der Waals surface area contributed by atoms with Crippen LogP contribution in [0, 0.1) is 5.92 Å². The molecule has 29 heavy (non-hydrogen) atoms. The third kappa shape index (κ3) is 4.53. The summed E-state index contributed by atoms with van der Waals surface area (Å²) in [5.41, 5.74) is 2.21. The Morgan fingerprint density at radius 2 is 1.83 bits per heavy atom. The van der Waals surface area contributed by atoms with E-state index in [0.29, 0.717) is 17.4 Å². The number of ether oxygens (including phenoxy) is 3. The van der Waals surface area contributed by atoms with Crippen molar-refractivity contribution in [2.45, 2.75) is 57.7 Å². The first-order valence-corrected chi connectivity index (χ1v) is 10.9. The van der Waals surface area contributed by atoms with Crippen LogP contribution in [0.3, 0.4) is 0 Å². The zero-order valence-corrected chi connectivity index (χ0v) is 17.5. The molecule has 0 N–H and O–H groups in total. The lowest BCUT2D eigenvalue weighted by molar-refractivity contribution is -0.149. The predicted molar refractivity (Wildman–Crippen MR) is 113 cm³/mol. The molecule has 154 valence electrons. The van der Waals surface area contributed by atoms with Crippen molar-refractivity contribution in [2.75, 3.05) is 6.61 Å². The number of carbonyl (C=O) groups is 1. The molecular weight excluding hydrogens is 388 g/mol. The Bertz CT molecular complexity index is 843. The molecule has 1 atom stereocenters. The van der Waals surface area contributed by atoms with Crippen molar-refractivity contribution in [3.05, 3.63) is 58.6 Å². The predicted octanol–water partition coefficient (Wildman–Crippen LogP) is 5.91. The number of hydrogen-bond donors (Lipinski definition) is 0. The minimum Gasteiger partial charge on any atom is -0.489 e. The Hall–Kier alpha value is -2.20. The van der Waals surface area contributed by atoms with E-state index in [4.69, 9.17) is 25.8 Å². The van der Waals surface area contributed by atoms with E-state index in [0.717, 1.165) is 49.8 Å². The standard InChI is InChI=1S/C24H27ClO4/c1-2-27-24(26)17-8-10-18(11-9-17)28-22-15-14-21-19(23(22)25)12-13-20(29-21)16-6-4-3-5-7-16/h3-7,14-15,17-18,20H,2,8-13H2,1H3. The third-order valence-corrected chi connectivity index (χ3v) is 6.26. The number of rotatable bonds is 5. The Morgan fingerprint density at radius 1 is 1.07 bits per heavy atom. The molecule has 2 aliphatic rings. The first-order valence-electron chi connectivity index (χ1n) is 10.5. The van der Waals surface area contributed by atoms with Gasteiger partial charge >= 0.3 is 5.97 Å². The van der Waals surface area contributed by atoms with Crippen LogP contribution in [0.15, 0.2) is 42.5 Å². The molecule has 1 fully saturated rings. The van der Waals surface area contributed by atoms with Gasteiger partial charge in [0.1, 0.15) is 17.6 Å². The van der Waals surface area contributed by atoms with Crippen LogP contribution >= 0.6 is 11.6 Å². The summed E-state index contributed by atoms with van der Waals surface area (Å²) in [6.07, 6.45) is 5.17. The van der Waals surface area contributed by atoms with Gasteiger partial charge in [0.25, 0.3) is 0 Å². The zero-order chi connectivity index (χ0) is 20.2. The minimum absolute atomic E-state index is 0.00266. The van der Waals surface area contributed by atoms with Crippen molar-refractivity contribution in [1.82, 2.24) is 0 Å². The molecule has 1 aliphatic heterocycles. The van der Waals surface area contributed by atoms with Gasteiger partial charge in [-0.2, -0.15) is 0 Å². The molecule has 1 saturated carbocycles. The normalized spacial score (nSPS) is 23.6. The van der Waals surface area contributed by atoms with Crippen LogP contribution in [0.2, 0.25) is 5.02 Å². The molecule has 4 rings (SSSR count). The second-order valence-electron chi connectivity index (χ2n) is 7.75. The lowest BCUT2D eigenvalue weighted by Crippen LogP contribution is -2.29. The Morgan fingerprint density at radius 3 is 2.55 bits per heavy atom. The highest BCUT2D eigenvalue weighted by molar-refractivity contribution is 6.33. The molecule has 0 spiro atoms. The van der Waals surface area contributed by atoms with Crippen molar-refractivity contribution >= 4 is 17.6 Å². The van der Waals surface area contributed by atoms with Crippen molar-refractivity contribution < 1.29 is 19.0 Å². The largest absolute Gasteiger partial charge is 0.489 e. The van der Waals surface area contributed by atoms with Crippen LogP contribution < -0.4 is 9.47 Å². The molecule has 2 aromatic carbocycles. The summed E-state index contributed by atoms with van der Waals surface area (Å²) in [6.45, 7) is 2.28. The maximum Gasteiger partial charge on any atom is 0.308 e. The summed E-state index contributed by atoms with van der Waals surface area (Å²) in [5, 5.41) is 0.654. The molecule has 0 bridgehead atoms. The smallest absolute Gasteiger partial charge is 0.308 e. The molecular formula is C24H27ClO4. The van der Waals surface area contributed by atoms with Crippen molar-refractivity contribution in [2.24, 2.45) is 5.92 Å². The highest BCUT2D eigenvalue weighted by atomic mass is 35.5. The van der Waals surface area contributed by atoms with E-state index in [1.165, 1.54) is 5.56 Å². The summed E-state index contributed by atoms with van der Waals surface area (Å²) in [4.78, 5) is 11.9. The summed E-state index contributed by atoms with van der Waals surface area (Å²) < 4.78 is 17.6. The Kier molecular flexibility index (Phi) is 6.29. The quantitative estimate of drug-likeness (QED) is 0.571. The van der Waals surface area contributed by atoms with E-state index in [1.54, 1.807) is 0 Å². The number of halogens is 1. The van der Waals surface area contributed by atoms with Crippen LogP contribution in [0.25, 0.3) is 0 Å². The number of hydrogen-bond acceptors (Lipinski definition) is 4. The number of fused-ring (bicyclic) bond motifs is 1. The van der Waals surface area contributed by atoms with Gasteiger partial charge in [0.05, 0.1) is 23.7 Å². The average Bonchev–Trinajstić information content (AvgIpc) is 2.77. The van der Waals surface area contributed by atoms with E-state index in [-0.39, 0.29) is 24.1 Å². The highest BCUT2D eigenvalue weighted by Crippen LogP contribution is 2.43. The molecule has 0 radical (unpaired) electrons. The van der Waals surface area contributed by atoms with E-state index < -0.39 is 0 Å². The molecule has 1 heterocycles. The van der Waals surface area contributed by atoms with Gasteiger partial charge in [-0.1, -0.05) is 41.9 Å². The summed E-state index contributed by atoms with van der Waals surface area (Å²) >= 11 is 6.68. The summed E-state index contributed by atoms with van der Waals surface area (Å²) in [6, 6.07) is 14.2. The summed E-state index contributed by atoms with van der Waals surface area (Å²) in [5.74, 6) is 1.47. The van der Waals surface area contributed by atoms with Gasteiger partial charge < -0.3 is 14.2 Å². The van der Waals surface area contributed by atoms with Crippen LogP contribution in [0.4, 0.5) is 0 Å². The van der Waals surface area contributed by atoms with E-state index in [1.807, 2.05) is 37.3 Å². The topological polar surface area (TPSA) is 44.8 Å². The van der Waals surface area contributed by atoms with Gasteiger partial charge in [-0.05, 0) is 63.1 Å². The molecule has 4 nitrogen and oxygen atoms in total. The fraction of sp³-hybridized carbons (Fsp3) is 0.458. The molecule has 0 amide bonds. The SMILES string of the molecule is CCOC(=O)C1CCC(Oc2ccc3c(c2Cl)CCC(c2ccccc2)O3)CC1. The van der Waals surface area contributed by atoms with Crippen molar-refractivity contribution in [3.8, 4) is 11.5 Å². The van der Waals surface area contributed by atoms with Crippen LogP contribution in [-0.2, 0) is 16.0 Å². The second-order valence-corrected chi connectivity index (χ2v) is 8.13. The lowest BCUT2D eigenvalue weighted by atomic mass is 9.87. The number of carbonyl (C=O) groups excluding carboxylic acids is 1. The monoisotopic (exact) mass is 414 g/mol. The molecule has 1 unspecified atom stereocenters. The maximum atomic E-state index is 11.9. The summed E-state index contributed by atoms with van der Waals surface area (Å²) in [7, 11) is 0. The number of benzene rings is 2. The van der Waals surface area contributed by atoms with Crippen LogP contribution in [0.5, 0.6) is 11.5 Å². The molecule has 2 aromatic rings. The van der Waals surface area contributed by atoms with E-state index in [2.05, 4.69) is 12.1 Å². The molecule has 0 aromatic heterocycles. The van der Waals surface area contributed by atoms with Crippen molar-refractivity contribution in [1.29, 1.82) is 0 Å². The van der Waals surface area contributed by atoms with Crippen LogP contribution in [-0.4, -0.2) is 18.7 Å². The minimum atomic E-state index is -0.0807. The third-order valence-electron chi connectivity index (χ3n) is 5.85. The fourth-order valence-electron chi connectivity index (χ4n) is 4.26. The lowest BCUT2D eigenvalue weighted by Gasteiger charge is -2.30. The van der Waals surface area contributed by atoms with Gasteiger partial charge in [0.2, 0.25) is 0 Å². The molecule has 1 aliphatic carbocycles. The molecule has 0 saturated heterocycles. The van der Waals surface area contributed by atoms with E-state index >= 15 is 0 Å². The zero-order valence-electron chi connectivity index (χ0n) is 16.7.